The number of hydrogen-bond donors (Lipinski definition) is 2. The summed E-state index contributed by atoms with van der Waals surface area (Å²) in [7, 11) is 0. The number of fused-ring (bicyclic) bond motifs is 2. The number of nitrogens with zero attached hydrogens (tertiary/aromatic N) is 2. The summed E-state index contributed by atoms with van der Waals surface area (Å²) in [6.45, 7) is 1.82. The van der Waals surface area contributed by atoms with Gasteiger partial charge in [0.15, 0.2) is 0 Å². The summed E-state index contributed by atoms with van der Waals surface area (Å²) in [6, 6.07) is 9.45. The average molecular weight is 464 g/mol. The van der Waals surface area contributed by atoms with Crippen molar-refractivity contribution in [3.05, 3.63) is 52.1 Å². The fourth-order valence-electron chi connectivity index (χ4n) is 3.84. The molecule has 1 amide bonds. The smallest absolute Gasteiger partial charge is 0.258 e. The van der Waals surface area contributed by atoms with Crippen LogP contribution in [0.5, 0.6) is 0 Å². The van der Waals surface area contributed by atoms with Crippen molar-refractivity contribution in [1.82, 2.24) is 15.2 Å². The molecule has 2 aliphatic rings. The third-order valence-electron chi connectivity index (χ3n) is 5.11. The van der Waals surface area contributed by atoms with Crippen LogP contribution >= 0.6 is 48.0 Å². The Kier molecular flexibility index (Phi) is 8.22. The van der Waals surface area contributed by atoms with E-state index < -0.39 is 0 Å². The first-order chi connectivity index (χ1) is 12.6. The molecule has 2 unspecified atom stereocenters. The van der Waals surface area contributed by atoms with E-state index in [0.717, 1.165) is 38.0 Å². The van der Waals surface area contributed by atoms with Crippen LogP contribution in [0.25, 0.3) is 0 Å². The van der Waals surface area contributed by atoms with Crippen molar-refractivity contribution in [3.63, 3.8) is 0 Å². The van der Waals surface area contributed by atoms with Crippen LogP contribution in [0.1, 0.15) is 29.6 Å². The van der Waals surface area contributed by atoms with Crippen molar-refractivity contribution < 1.29 is 4.79 Å². The lowest BCUT2D eigenvalue weighted by molar-refractivity contribution is 0.0681. The summed E-state index contributed by atoms with van der Waals surface area (Å²) in [5, 5.41) is 7.58. The lowest BCUT2D eigenvalue weighted by atomic mass is 10.1. The predicted octanol–water partition coefficient (Wildman–Crippen LogP) is 4.94. The zero-order chi connectivity index (χ0) is 18.1. The second-order valence-electron chi connectivity index (χ2n) is 6.74. The number of carbonyl (C=O) groups is 1. The van der Waals surface area contributed by atoms with Gasteiger partial charge in [0.25, 0.3) is 5.91 Å². The van der Waals surface area contributed by atoms with Gasteiger partial charge in [-0.1, -0.05) is 23.2 Å². The number of anilines is 2. The number of rotatable bonds is 3. The first kappa shape index (κ1) is 23.0. The molecule has 1 aromatic carbocycles. The van der Waals surface area contributed by atoms with Gasteiger partial charge >= 0.3 is 0 Å². The maximum atomic E-state index is 13.3. The number of carbonyl (C=O) groups excluding carboxylic acids is 1. The van der Waals surface area contributed by atoms with Crippen LogP contribution in [0.3, 0.4) is 0 Å². The Morgan fingerprint density at radius 3 is 2.68 bits per heavy atom. The Morgan fingerprint density at radius 2 is 1.89 bits per heavy atom. The highest BCUT2D eigenvalue weighted by atomic mass is 35.5. The van der Waals surface area contributed by atoms with Crippen LogP contribution < -0.4 is 10.6 Å². The molecule has 2 fully saturated rings. The topological polar surface area (TPSA) is 57.3 Å². The first-order valence-corrected chi connectivity index (χ1v) is 9.59. The number of hydrogen-bond acceptors (Lipinski definition) is 4. The van der Waals surface area contributed by atoms with Crippen molar-refractivity contribution in [3.8, 4) is 0 Å². The minimum Gasteiger partial charge on any atom is -0.340 e. The fraction of sp³-hybridized carbons (Fsp3) is 0.368. The van der Waals surface area contributed by atoms with Gasteiger partial charge in [-0.3, -0.25) is 4.79 Å². The monoisotopic (exact) mass is 462 g/mol. The highest BCUT2D eigenvalue weighted by Crippen LogP contribution is 2.32. The summed E-state index contributed by atoms with van der Waals surface area (Å²) in [6.07, 6.45) is 4.81. The van der Waals surface area contributed by atoms with E-state index in [-0.39, 0.29) is 36.8 Å². The summed E-state index contributed by atoms with van der Waals surface area (Å²) < 4.78 is 0. The van der Waals surface area contributed by atoms with Crippen LogP contribution in [0.15, 0.2) is 36.5 Å². The number of halogens is 4. The number of nitrogens with one attached hydrogen (secondary N) is 2. The zero-order valence-electron chi connectivity index (χ0n) is 15.0. The standard InChI is InChI=1S/C19H20Cl2N4O.2ClH/c20-16-6-3-12(10-17(16)21)24-18-15(2-1-8-23-18)19(26)25-13-4-5-14(25)11-22-9-7-13;;/h1-3,6,8,10,13-14,22H,4-5,7,9,11H2,(H,23,24);2*1H. The van der Waals surface area contributed by atoms with Crippen molar-refractivity contribution in [2.45, 2.75) is 31.3 Å². The molecule has 0 radical (unpaired) electrons. The van der Waals surface area contributed by atoms with Crippen molar-refractivity contribution >= 4 is 65.4 Å². The third-order valence-corrected chi connectivity index (χ3v) is 5.85. The molecule has 2 bridgehead atoms. The molecule has 3 heterocycles. The maximum Gasteiger partial charge on any atom is 0.258 e. The Labute approximate surface area is 187 Å². The number of amides is 1. The Morgan fingerprint density at radius 1 is 1.11 bits per heavy atom. The second-order valence-corrected chi connectivity index (χ2v) is 7.56. The van der Waals surface area contributed by atoms with Gasteiger partial charge in [-0.2, -0.15) is 0 Å². The molecule has 2 saturated heterocycles. The highest BCUT2D eigenvalue weighted by Gasteiger charge is 2.39. The zero-order valence-corrected chi connectivity index (χ0v) is 18.2. The molecule has 5 nitrogen and oxygen atoms in total. The number of benzene rings is 1. The second kappa shape index (κ2) is 9.99. The lowest BCUT2D eigenvalue weighted by Gasteiger charge is -2.28. The van der Waals surface area contributed by atoms with E-state index in [0.29, 0.717) is 27.5 Å². The van der Waals surface area contributed by atoms with E-state index in [2.05, 4.69) is 20.5 Å². The van der Waals surface area contributed by atoms with Gasteiger partial charge in [0.1, 0.15) is 5.82 Å². The van der Waals surface area contributed by atoms with Crippen molar-refractivity contribution in [1.29, 1.82) is 0 Å². The van der Waals surface area contributed by atoms with Crippen LogP contribution in [-0.2, 0) is 0 Å². The van der Waals surface area contributed by atoms with Crippen LogP contribution in [0.4, 0.5) is 11.5 Å². The molecule has 0 spiro atoms. The molecule has 28 heavy (non-hydrogen) atoms. The molecule has 2 aliphatic heterocycles. The van der Waals surface area contributed by atoms with Gasteiger partial charge in [-0.15, -0.1) is 24.8 Å². The molecule has 0 aliphatic carbocycles. The molecule has 9 heteroatoms. The largest absolute Gasteiger partial charge is 0.340 e. The Balaban J connectivity index is 0.00000140. The molecule has 1 aromatic heterocycles. The molecule has 0 saturated carbocycles. The summed E-state index contributed by atoms with van der Waals surface area (Å²) in [5.41, 5.74) is 1.32. The van der Waals surface area contributed by atoms with Gasteiger partial charge in [-0.05, 0) is 56.1 Å². The molecule has 152 valence electrons. The maximum absolute atomic E-state index is 13.3. The summed E-state index contributed by atoms with van der Waals surface area (Å²) in [5.74, 6) is 0.573. The highest BCUT2D eigenvalue weighted by molar-refractivity contribution is 6.42. The van der Waals surface area contributed by atoms with Crippen LogP contribution in [-0.4, -0.2) is 41.0 Å². The minimum absolute atomic E-state index is 0. The molecular formula is C19H22Cl4N4O. The van der Waals surface area contributed by atoms with E-state index in [4.69, 9.17) is 23.2 Å². The van der Waals surface area contributed by atoms with Crippen molar-refractivity contribution in [2.24, 2.45) is 0 Å². The van der Waals surface area contributed by atoms with Gasteiger partial charge in [0.05, 0.1) is 15.6 Å². The third kappa shape index (κ3) is 4.66. The lowest BCUT2D eigenvalue weighted by Crippen LogP contribution is -2.42. The summed E-state index contributed by atoms with van der Waals surface area (Å²) >= 11 is 12.1. The average Bonchev–Trinajstić information content (AvgIpc) is 2.91. The minimum atomic E-state index is 0. The van der Waals surface area contributed by atoms with Crippen molar-refractivity contribution in [2.75, 3.05) is 18.4 Å². The molecule has 4 rings (SSSR count). The van der Waals surface area contributed by atoms with E-state index in [1.165, 1.54) is 0 Å². The van der Waals surface area contributed by atoms with E-state index in [9.17, 15) is 4.79 Å². The van der Waals surface area contributed by atoms with Crippen LogP contribution in [0, 0.1) is 0 Å². The van der Waals surface area contributed by atoms with Gasteiger partial charge in [0.2, 0.25) is 0 Å². The molecule has 2 atom stereocenters. The first-order valence-electron chi connectivity index (χ1n) is 8.84. The Bertz CT molecular complexity index is 821. The summed E-state index contributed by atoms with van der Waals surface area (Å²) in [4.78, 5) is 19.8. The molecular weight excluding hydrogens is 442 g/mol. The number of aromatic nitrogens is 1. The van der Waals surface area contributed by atoms with Gasteiger partial charge in [-0.25, -0.2) is 4.98 Å². The normalized spacial score (nSPS) is 20.6. The quantitative estimate of drug-likeness (QED) is 0.676. The fourth-order valence-corrected chi connectivity index (χ4v) is 4.14. The van der Waals surface area contributed by atoms with E-state index >= 15 is 0 Å². The van der Waals surface area contributed by atoms with Gasteiger partial charge in [0, 0.05) is 30.5 Å². The Hall–Kier alpha value is -1.24. The van der Waals surface area contributed by atoms with Crippen LogP contribution in [0.2, 0.25) is 10.0 Å². The molecule has 2 aromatic rings. The molecule has 2 N–H and O–H groups in total. The predicted molar refractivity (Wildman–Crippen MR) is 119 cm³/mol. The van der Waals surface area contributed by atoms with E-state index in [1.54, 1.807) is 24.4 Å². The van der Waals surface area contributed by atoms with E-state index in [1.807, 2.05) is 12.1 Å². The SMILES string of the molecule is Cl.Cl.O=C(c1cccnc1Nc1ccc(Cl)c(Cl)c1)N1C2CCNCC1CC2. The number of pyridine rings is 1. The van der Waals surface area contributed by atoms with Gasteiger partial charge < -0.3 is 15.5 Å².